The Hall–Kier alpha value is -0.500. The van der Waals surface area contributed by atoms with Gasteiger partial charge in [-0.15, -0.1) is 0 Å². The van der Waals surface area contributed by atoms with E-state index < -0.39 is 20.0 Å². The van der Waals surface area contributed by atoms with E-state index in [0.717, 1.165) is 38.5 Å². The summed E-state index contributed by atoms with van der Waals surface area (Å²) in [5, 5.41) is 14.0. The van der Waals surface area contributed by atoms with Crippen LogP contribution >= 0.6 is 7.82 Å². The lowest BCUT2D eigenvalue weighted by molar-refractivity contribution is -0.870. The van der Waals surface area contributed by atoms with Gasteiger partial charge in [0.2, 0.25) is 5.91 Å². The molecule has 0 aliphatic carbocycles. The molecule has 0 radical (unpaired) electrons. The monoisotopic (exact) mass is 1050 g/mol. The Balaban J connectivity index is 3.74. The van der Waals surface area contributed by atoms with Crippen molar-refractivity contribution in [1.29, 1.82) is 0 Å². The van der Waals surface area contributed by atoms with E-state index in [-0.39, 0.29) is 19.1 Å². The Morgan fingerprint density at radius 2 is 0.671 bits per heavy atom. The summed E-state index contributed by atoms with van der Waals surface area (Å²) in [6, 6.07) is -0.794. The third-order valence-electron chi connectivity index (χ3n) is 15.6. The molecule has 0 fully saturated rings. The minimum atomic E-state index is -4.56. The van der Waals surface area contributed by atoms with Crippen LogP contribution in [0.25, 0.3) is 0 Å². The van der Waals surface area contributed by atoms with E-state index in [1.165, 1.54) is 289 Å². The molecule has 9 heteroatoms. The number of hydrogen-bond acceptors (Lipinski definition) is 6. The summed E-state index contributed by atoms with van der Waals surface area (Å²) >= 11 is 0. The smallest absolute Gasteiger partial charge is 0.268 e. The molecule has 0 heterocycles. The highest BCUT2D eigenvalue weighted by atomic mass is 31.2. The van der Waals surface area contributed by atoms with Gasteiger partial charge in [0.05, 0.1) is 39.9 Å². The van der Waals surface area contributed by atoms with Crippen LogP contribution in [0.15, 0.2) is 0 Å². The molecule has 3 atom stereocenters. The number of amides is 1. The highest BCUT2D eigenvalue weighted by Crippen LogP contribution is 2.38. The first-order chi connectivity index (χ1) is 35.5. The van der Waals surface area contributed by atoms with Crippen LogP contribution in [0.1, 0.15) is 354 Å². The van der Waals surface area contributed by atoms with Crippen molar-refractivity contribution in [2.45, 2.75) is 366 Å². The Morgan fingerprint density at radius 1 is 0.425 bits per heavy atom. The summed E-state index contributed by atoms with van der Waals surface area (Å²) in [5.41, 5.74) is 0. The summed E-state index contributed by atoms with van der Waals surface area (Å²) in [5.74, 6) is -0.157. The Bertz CT molecular complexity index is 1150. The molecule has 0 aliphatic heterocycles. The topological polar surface area (TPSA) is 108 Å². The predicted molar refractivity (Wildman–Crippen MR) is 316 cm³/mol. The van der Waals surface area contributed by atoms with Gasteiger partial charge in [0.15, 0.2) is 0 Å². The molecule has 8 nitrogen and oxygen atoms in total. The zero-order valence-corrected chi connectivity index (χ0v) is 51.0. The zero-order valence-electron chi connectivity index (χ0n) is 50.1. The van der Waals surface area contributed by atoms with Crippen molar-refractivity contribution in [2.24, 2.45) is 0 Å². The van der Waals surface area contributed by atoms with E-state index in [0.29, 0.717) is 23.9 Å². The molecule has 0 spiro atoms. The van der Waals surface area contributed by atoms with Gasteiger partial charge in [-0.2, -0.15) is 0 Å². The third-order valence-corrected chi connectivity index (χ3v) is 16.6. The Labute approximate surface area is 457 Å². The molecular formula is C64H131N2O6P. The lowest BCUT2D eigenvalue weighted by Gasteiger charge is -2.30. The first-order valence-corrected chi connectivity index (χ1v) is 34.3. The number of quaternary nitrogens is 1. The Kier molecular flexibility index (Phi) is 55.8. The number of unbranched alkanes of at least 4 members (excludes halogenated alkanes) is 49. The maximum absolute atomic E-state index is 13.0. The average Bonchev–Trinajstić information content (AvgIpc) is 3.35. The molecule has 0 rings (SSSR count). The van der Waals surface area contributed by atoms with Crippen LogP contribution in [0.4, 0.5) is 0 Å². The first-order valence-electron chi connectivity index (χ1n) is 32.9. The molecule has 0 bridgehead atoms. The summed E-state index contributed by atoms with van der Waals surface area (Å²) in [6.07, 6.45) is 69.2. The number of phosphoric acid groups is 1. The van der Waals surface area contributed by atoms with Gasteiger partial charge >= 0.3 is 0 Å². The van der Waals surface area contributed by atoms with Crippen LogP contribution < -0.4 is 10.2 Å². The van der Waals surface area contributed by atoms with Crippen molar-refractivity contribution in [3.8, 4) is 0 Å². The summed E-state index contributed by atoms with van der Waals surface area (Å²) in [7, 11) is 1.32. The SMILES string of the molecule is CCCCCCCCCCCCCCCCCCCCCCCCCCCCCCCCCCCCCCCCCCC(=O)NC(COP(=O)([O-])OCC[N+](C)(C)C)C(O)CCCCCCCCCCCCC. The normalized spacial score (nSPS) is 13.7. The van der Waals surface area contributed by atoms with Crippen LogP contribution in [-0.2, 0) is 18.4 Å². The van der Waals surface area contributed by atoms with E-state index in [2.05, 4.69) is 19.2 Å². The van der Waals surface area contributed by atoms with Crippen molar-refractivity contribution in [2.75, 3.05) is 40.9 Å². The van der Waals surface area contributed by atoms with Crippen LogP contribution in [0.5, 0.6) is 0 Å². The van der Waals surface area contributed by atoms with Gasteiger partial charge in [-0.05, 0) is 12.8 Å². The van der Waals surface area contributed by atoms with Gasteiger partial charge in [-0.3, -0.25) is 9.36 Å². The molecule has 0 aromatic rings. The molecule has 0 saturated heterocycles. The Morgan fingerprint density at radius 3 is 0.932 bits per heavy atom. The molecule has 0 aromatic carbocycles. The van der Waals surface area contributed by atoms with E-state index in [1.54, 1.807) is 0 Å². The number of hydrogen-bond donors (Lipinski definition) is 2. The summed E-state index contributed by atoms with van der Waals surface area (Å²) < 4.78 is 23.4. The van der Waals surface area contributed by atoms with E-state index in [9.17, 15) is 19.4 Å². The zero-order chi connectivity index (χ0) is 53.5. The largest absolute Gasteiger partial charge is 0.756 e. The quantitative estimate of drug-likeness (QED) is 0.0357. The second-order valence-electron chi connectivity index (χ2n) is 24.2. The molecular weight excluding hydrogens is 924 g/mol. The van der Waals surface area contributed by atoms with E-state index in [4.69, 9.17) is 9.05 Å². The van der Waals surface area contributed by atoms with Crippen LogP contribution in [0.2, 0.25) is 0 Å². The lowest BCUT2D eigenvalue weighted by Crippen LogP contribution is -2.46. The fourth-order valence-corrected chi connectivity index (χ4v) is 11.2. The van der Waals surface area contributed by atoms with Gasteiger partial charge < -0.3 is 28.8 Å². The van der Waals surface area contributed by atoms with Crippen molar-refractivity contribution in [3.05, 3.63) is 0 Å². The number of nitrogens with one attached hydrogen (secondary N) is 1. The number of likely N-dealkylation sites (N-methyl/N-ethyl adjacent to an activating group) is 1. The van der Waals surface area contributed by atoms with Gasteiger partial charge in [0.1, 0.15) is 13.2 Å². The van der Waals surface area contributed by atoms with Crippen molar-refractivity contribution in [1.82, 2.24) is 5.32 Å². The summed E-state index contributed by atoms with van der Waals surface area (Å²) in [4.78, 5) is 25.5. The molecule has 0 aromatic heterocycles. The van der Waals surface area contributed by atoms with Crippen LogP contribution in [0.3, 0.4) is 0 Å². The molecule has 2 N–H and O–H groups in total. The van der Waals surface area contributed by atoms with E-state index in [1.807, 2.05) is 21.1 Å². The number of nitrogens with zero attached hydrogens (tertiary/aromatic N) is 1. The maximum Gasteiger partial charge on any atom is 0.268 e. The molecule has 1 amide bonds. The molecule has 73 heavy (non-hydrogen) atoms. The van der Waals surface area contributed by atoms with Gasteiger partial charge in [-0.1, -0.05) is 335 Å². The van der Waals surface area contributed by atoms with E-state index >= 15 is 0 Å². The van der Waals surface area contributed by atoms with Crippen molar-refractivity contribution < 1.29 is 32.9 Å². The lowest BCUT2D eigenvalue weighted by atomic mass is 10.0. The minimum absolute atomic E-state index is 0.0163. The third kappa shape index (κ3) is 59.0. The fraction of sp³-hybridized carbons (Fsp3) is 0.984. The maximum atomic E-state index is 13.0. The average molecular weight is 1060 g/mol. The van der Waals surface area contributed by atoms with Crippen LogP contribution in [-0.4, -0.2) is 68.5 Å². The van der Waals surface area contributed by atoms with Crippen molar-refractivity contribution in [3.63, 3.8) is 0 Å². The van der Waals surface area contributed by atoms with Crippen molar-refractivity contribution >= 4 is 13.7 Å². The second-order valence-corrected chi connectivity index (χ2v) is 25.6. The molecule has 0 aliphatic rings. The first kappa shape index (κ1) is 72.5. The number of phosphoric ester groups is 1. The summed E-state index contributed by atoms with van der Waals surface area (Å²) in [6.45, 7) is 4.76. The fourth-order valence-electron chi connectivity index (χ4n) is 10.5. The van der Waals surface area contributed by atoms with Crippen LogP contribution in [0, 0.1) is 0 Å². The number of aliphatic hydroxyl groups is 1. The second kappa shape index (κ2) is 56.2. The highest BCUT2D eigenvalue weighted by molar-refractivity contribution is 7.45. The molecule has 0 saturated carbocycles. The van der Waals surface area contributed by atoms with Gasteiger partial charge in [0.25, 0.3) is 7.82 Å². The predicted octanol–water partition coefficient (Wildman–Crippen LogP) is 19.8. The van der Waals surface area contributed by atoms with Gasteiger partial charge in [-0.25, -0.2) is 0 Å². The standard InChI is InChI=1S/C64H131N2O6P/c1-6-8-10-12-14-16-18-19-20-21-22-23-24-25-26-27-28-29-30-31-32-33-34-35-36-37-38-39-40-41-42-43-44-45-46-48-50-52-54-56-58-64(68)65-62(61-72-73(69,70)71-60-59-66(3,4)5)63(67)57-55-53-51-49-47-17-15-13-11-9-7-2/h62-63,67H,6-61H2,1-5H3,(H-,65,68,69,70). The highest BCUT2D eigenvalue weighted by Gasteiger charge is 2.24. The molecule has 3 unspecified atom stereocenters. The number of rotatable bonds is 62. The minimum Gasteiger partial charge on any atom is -0.756 e. The number of carbonyl (C=O) groups excluding carboxylic acids is 1. The van der Waals surface area contributed by atoms with Gasteiger partial charge in [0, 0.05) is 6.42 Å². The molecule has 438 valence electrons. The number of carbonyl (C=O) groups is 1. The number of aliphatic hydroxyl groups excluding tert-OH is 1.